The molecule has 57 heavy (non-hydrogen) atoms. The van der Waals surface area contributed by atoms with E-state index in [0.717, 1.165) is 133 Å². The minimum atomic E-state index is -0.174. The van der Waals surface area contributed by atoms with Gasteiger partial charge < -0.3 is 14.4 Å². The van der Waals surface area contributed by atoms with Gasteiger partial charge in [0.05, 0.1) is 6.61 Å². The molecule has 7 heteroatoms. The lowest BCUT2D eigenvalue weighted by Gasteiger charge is -2.36. The van der Waals surface area contributed by atoms with Gasteiger partial charge in [0.25, 0.3) is 0 Å². The minimum absolute atomic E-state index is 0.134. The van der Waals surface area contributed by atoms with Crippen LogP contribution in [-0.4, -0.2) is 61.9 Å². The van der Waals surface area contributed by atoms with E-state index in [-0.39, 0.29) is 12.7 Å². The molecule has 2 aromatic carbocycles. The molecular formula is C50H66N4O3. The molecule has 0 unspecified atom stereocenters. The third kappa shape index (κ3) is 15.2. The number of aromatic nitrogens is 1. The van der Waals surface area contributed by atoms with E-state index in [0.29, 0.717) is 18.9 Å². The number of ether oxygens (including phenoxy) is 2. The topological polar surface area (TPSA) is 58.1 Å². The molecule has 0 saturated carbocycles. The summed E-state index contributed by atoms with van der Waals surface area (Å²) in [6.45, 7) is 12.5. The Morgan fingerprint density at radius 2 is 1.44 bits per heavy atom. The molecule has 1 fully saturated rings. The van der Waals surface area contributed by atoms with Crippen LogP contribution in [-0.2, 0) is 16.0 Å². The molecule has 0 atom stereocenters. The zero-order valence-electron chi connectivity index (χ0n) is 34.5. The molecule has 0 N–H and O–H groups in total. The Bertz CT molecular complexity index is 1810. The molecule has 0 amide bonds. The Hall–Kier alpha value is -4.88. The van der Waals surface area contributed by atoms with E-state index in [1.165, 1.54) is 16.5 Å². The molecule has 1 saturated heterocycles. The molecule has 1 aromatic heterocycles. The van der Waals surface area contributed by atoms with Gasteiger partial charge in [-0.15, -0.1) is 0 Å². The van der Waals surface area contributed by atoms with Gasteiger partial charge in [-0.3, -0.25) is 14.6 Å². The van der Waals surface area contributed by atoms with Crippen molar-refractivity contribution in [3.05, 3.63) is 133 Å². The number of carbonyl (C=O) groups excluding carboxylic acids is 1. The number of piperazine rings is 1. The van der Waals surface area contributed by atoms with E-state index in [1.54, 1.807) is 0 Å². The average molecular weight is 771 g/mol. The van der Waals surface area contributed by atoms with Gasteiger partial charge in [0.2, 0.25) is 5.88 Å². The molecule has 0 radical (unpaired) electrons. The minimum Gasteiger partial charge on any atom is -0.478 e. The fraction of sp³-hybridized carbons (Fsp3) is 0.440. The number of benzene rings is 2. The van der Waals surface area contributed by atoms with Crippen LogP contribution in [0.5, 0.6) is 5.88 Å². The summed E-state index contributed by atoms with van der Waals surface area (Å²) in [6, 6.07) is 19.3. The van der Waals surface area contributed by atoms with E-state index < -0.39 is 0 Å². The maximum atomic E-state index is 12.6. The Balaban J connectivity index is 0.907. The highest BCUT2D eigenvalue weighted by molar-refractivity contribution is 5.94. The lowest BCUT2D eigenvalue weighted by molar-refractivity contribution is -0.143. The van der Waals surface area contributed by atoms with Gasteiger partial charge in [-0.25, -0.2) is 0 Å². The second kappa shape index (κ2) is 25.4. The first-order valence-electron chi connectivity index (χ1n) is 21.6. The average Bonchev–Trinajstić information content (AvgIpc) is 3.24. The van der Waals surface area contributed by atoms with E-state index >= 15 is 0 Å². The largest absolute Gasteiger partial charge is 0.478 e. The molecule has 5 rings (SSSR count). The van der Waals surface area contributed by atoms with Crippen LogP contribution in [0, 0.1) is 0 Å². The van der Waals surface area contributed by atoms with Gasteiger partial charge in [0.1, 0.15) is 5.82 Å². The van der Waals surface area contributed by atoms with E-state index in [4.69, 9.17) is 14.5 Å². The summed E-state index contributed by atoms with van der Waals surface area (Å²) in [6.07, 6.45) is 35.4. The van der Waals surface area contributed by atoms with Crippen LogP contribution in [0.15, 0.2) is 128 Å². The third-order valence-electron chi connectivity index (χ3n) is 10.6. The van der Waals surface area contributed by atoms with Gasteiger partial charge in [-0.1, -0.05) is 117 Å². The highest BCUT2D eigenvalue weighted by Gasteiger charge is 2.24. The first kappa shape index (κ1) is 43.2. The van der Waals surface area contributed by atoms with Gasteiger partial charge in [-0.2, -0.15) is 4.98 Å². The van der Waals surface area contributed by atoms with Crippen molar-refractivity contribution >= 4 is 28.2 Å². The molecule has 7 nitrogen and oxygen atoms in total. The highest BCUT2D eigenvalue weighted by Crippen LogP contribution is 2.32. The summed E-state index contributed by atoms with van der Waals surface area (Å²) in [5.74, 6) is 1.22. The molecular weight excluding hydrogens is 705 g/mol. The molecule has 2 aliphatic rings. The fourth-order valence-electron chi connectivity index (χ4n) is 7.28. The predicted octanol–water partition coefficient (Wildman–Crippen LogP) is 11.7. The molecule has 0 spiro atoms. The normalized spacial score (nSPS) is 15.4. The standard InChI is InChI=1S/C50H66N4O3/c1-3-4-5-6-7-8-9-10-11-12-13-14-15-16-17-18-19-20-21-31-49(55)57-42-54-43(2)32-33-45-34-35-48(51-50(45)54)56-41-25-24-36-52-37-39-53(40-38-52)47-30-26-28-44-27-22-23-29-46(44)47/h4-5,7-8,10-11,13-14,16-17,22-23,26-30,34-35H,2-3,6,9,12,15,18-21,24-25,31-33,36-42H2,1H3/b5-4-,8-7-,11-10-,14-13-,17-16-. The van der Waals surface area contributed by atoms with Crippen molar-refractivity contribution in [2.45, 2.75) is 96.8 Å². The van der Waals surface area contributed by atoms with E-state index in [9.17, 15) is 4.79 Å². The third-order valence-corrected chi connectivity index (χ3v) is 10.6. The number of unbranched alkanes of at least 4 members (excludes halogenated alkanes) is 4. The van der Waals surface area contributed by atoms with Crippen LogP contribution >= 0.6 is 0 Å². The zero-order chi connectivity index (χ0) is 39.8. The molecule has 3 heterocycles. The molecule has 0 aliphatic carbocycles. The second-order valence-electron chi connectivity index (χ2n) is 15.0. The summed E-state index contributed by atoms with van der Waals surface area (Å²) < 4.78 is 11.8. The smallest absolute Gasteiger partial charge is 0.307 e. The van der Waals surface area contributed by atoms with Gasteiger partial charge in [0, 0.05) is 55.4 Å². The van der Waals surface area contributed by atoms with Gasteiger partial charge in [-0.05, 0) is 107 Å². The van der Waals surface area contributed by atoms with Crippen molar-refractivity contribution in [2.75, 3.05) is 55.9 Å². The number of fused-ring (bicyclic) bond motifs is 2. The number of allylic oxidation sites excluding steroid dienone is 11. The second-order valence-corrected chi connectivity index (χ2v) is 15.0. The van der Waals surface area contributed by atoms with Crippen LogP contribution in [0.4, 0.5) is 11.5 Å². The Morgan fingerprint density at radius 1 is 0.737 bits per heavy atom. The van der Waals surface area contributed by atoms with Crippen molar-refractivity contribution in [1.29, 1.82) is 0 Å². The molecule has 0 bridgehead atoms. The zero-order valence-corrected chi connectivity index (χ0v) is 34.5. The number of nitrogens with zero attached hydrogens (tertiary/aromatic N) is 4. The number of rotatable bonds is 24. The van der Waals surface area contributed by atoms with Crippen LogP contribution in [0.2, 0.25) is 0 Å². The Morgan fingerprint density at radius 3 is 2.19 bits per heavy atom. The van der Waals surface area contributed by atoms with E-state index in [2.05, 4.69) is 133 Å². The SMILES string of the molecule is C=C1CCc2ccc(OCCCCN3CCN(c4cccc5ccccc45)CC3)nc2N1COC(=O)CCCCC/C=C\C/C=C\C/C=C\C/C=C\C/C=C\CC. The van der Waals surface area contributed by atoms with Crippen molar-refractivity contribution in [1.82, 2.24) is 9.88 Å². The summed E-state index contributed by atoms with van der Waals surface area (Å²) in [7, 11) is 0. The molecule has 304 valence electrons. The lowest BCUT2D eigenvalue weighted by Crippen LogP contribution is -2.46. The lowest BCUT2D eigenvalue weighted by atomic mass is 10.0. The number of anilines is 2. The van der Waals surface area contributed by atoms with Gasteiger partial charge in [0.15, 0.2) is 6.73 Å². The molecule has 3 aromatic rings. The Labute approximate surface area is 343 Å². The van der Waals surface area contributed by atoms with Crippen LogP contribution in [0.25, 0.3) is 10.8 Å². The summed E-state index contributed by atoms with van der Waals surface area (Å²) in [5, 5.41) is 2.64. The first-order valence-corrected chi connectivity index (χ1v) is 21.6. The predicted molar refractivity (Wildman–Crippen MR) is 240 cm³/mol. The van der Waals surface area contributed by atoms with Crippen molar-refractivity contribution in [3.63, 3.8) is 0 Å². The van der Waals surface area contributed by atoms with Crippen LogP contribution in [0.1, 0.15) is 96.0 Å². The fourth-order valence-corrected chi connectivity index (χ4v) is 7.28. The first-order chi connectivity index (χ1) is 28.1. The summed E-state index contributed by atoms with van der Waals surface area (Å²) in [5.41, 5.74) is 3.39. The highest BCUT2D eigenvalue weighted by atomic mass is 16.5. The summed E-state index contributed by atoms with van der Waals surface area (Å²) in [4.78, 5) is 24.5. The monoisotopic (exact) mass is 771 g/mol. The van der Waals surface area contributed by atoms with Crippen LogP contribution in [0.3, 0.4) is 0 Å². The molecule has 2 aliphatic heterocycles. The number of esters is 1. The number of hydrogen-bond acceptors (Lipinski definition) is 7. The van der Waals surface area contributed by atoms with Crippen molar-refractivity contribution in [2.24, 2.45) is 0 Å². The van der Waals surface area contributed by atoms with Crippen molar-refractivity contribution in [3.8, 4) is 5.88 Å². The quantitative estimate of drug-likeness (QED) is 0.0511. The van der Waals surface area contributed by atoms with Crippen molar-refractivity contribution < 1.29 is 14.3 Å². The number of aryl methyl sites for hydroxylation is 1. The number of hydrogen-bond donors (Lipinski definition) is 0. The maximum absolute atomic E-state index is 12.6. The number of carbonyl (C=O) groups is 1. The van der Waals surface area contributed by atoms with Gasteiger partial charge >= 0.3 is 5.97 Å². The maximum Gasteiger partial charge on any atom is 0.307 e. The number of pyridine rings is 1. The Kier molecular flexibility index (Phi) is 19.3. The van der Waals surface area contributed by atoms with E-state index in [1.807, 2.05) is 11.0 Å². The summed E-state index contributed by atoms with van der Waals surface area (Å²) >= 11 is 0. The van der Waals surface area contributed by atoms with Crippen LogP contribution < -0.4 is 14.5 Å².